The molecule has 0 saturated heterocycles. The van der Waals surface area contributed by atoms with E-state index in [1.807, 2.05) is 42.6 Å². The van der Waals surface area contributed by atoms with Gasteiger partial charge in [0.1, 0.15) is 17.3 Å². The molecule has 1 amide bonds. The Morgan fingerprint density at radius 2 is 1.61 bits per heavy atom. The van der Waals surface area contributed by atoms with Gasteiger partial charge in [-0.1, -0.05) is 30.3 Å². The van der Waals surface area contributed by atoms with Crippen molar-refractivity contribution in [3.8, 4) is 11.1 Å². The lowest BCUT2D eigenvalue weighted by Crippen LogP contribution is -2.18. The quantitative estimate of drug-likeness (QED) is 0.366. The second-order valence-corrected chi connectivity index (χ2v) is 9.74. The normalized spacial score (nSPS) is 17.7. The molecule has 1 aliphatic carbocycles. The fourth-order valence-corrected chi connectivity index (χ4v) is 4.93. The molecule has 188 valence electrons. The van der Waals surface area contributed by atoms with E-state index in [1.165, 1.54) is 12.3 Å². The Balaban J connectivity index is 1.26. The SMILES string of the molecule is CC(=O)CC1CCC(Cc2ccc(NC(=O)Cc3ccc(-c4ccnc(C(F)F)c4)cc3)nc2)CC1. The van der Waals surface area contributed by atoms with E-state index < -0.39 is 6.43 Å². The zero-order chi connectivity index (χ0) is 25.5. The first kappa shape index (κ1) is 25.6. The van der Waals surface area contributed by atoms with Gasteiger partial charge in [-0.05, 0) is 91.3 Å². The Labute approximate surface area is 210 Å². The first-order valence-corrected chi connectivity index (χ1v) is 12.4. The summed E-state index contributed by atoms with van der Waals surface area (Å²) in [6.07, 6.45) is 6.97. The predicted molar refractivity (Wildman–Crippen MR) is 136 cm³/mol. The van der Waals surface area contributed by atoms with E-state index in [1.54, 1.807) is 13.0 Å². The molecule has 2 heterocycles. The third kappa shape index (κ3) is 7.26. The highest BCUT2D eigenvalue weighted by atomic mass is 19.3. The highest BCUT2D eigenvalue weighted by Gasteiger charge is 2.22. The maximum atomic E-state index is 12.9. The summed E-state index contributed by atoms with van der Waals surface area (Å²) >= 11 is 0. The van der Waals surface area contributed by atoms with E-state index in [0.717, 1.165) is 48.8 Å². The summed E-state index contributed by atoms with van der Waals surface area (Å²) in [6.45, 7) is 1.67. The first-order chi connectivity index (χ1) is 17.4. The second kappa shape index (κ2) is 12.0. The maximum Gasteiger partial charge on any atom is 0.280 e. The molecule has 0 spiro atoms. The molecule has 1 fully saturated rings. The van der Waals surface area contributed by atoms with Crippen LogP contribution in [0.4, 0.5) is 14.6 Å². The van der Waals surface area contributed by atoms with Gasteiger partial charge >= 0.3 is 0 Å². The number of hydrogen-bond acceptors (Lipinski definition) is 4. The minimum Gasteiger partial charge on any atom is -0.310 e. The third-order valence-corrected chi connectivity index (χ3v) is 6.82. The van der Waals surface area contributed by atoms with Crippen molar-refractivity contribution in [2.24, 2.45) is 11.8 Å². The van der Waals surface area contributed by atoms with Crippen molar-refractivity contribution < 1.29 is 18.4 Å². The van der Waals surface area contributed by atoms with E-state index in [2.05, 4.69) is 15.3 Å². The monoisotopic (exact) mass is 491 g/mol. The van der Waals surface area contributed by atoms with Gasteiger partial charge in [-0.15, -0.1) is 0 Å². The molecule has 3 aromatic rings. The van der Waals surface area contributed by atoms with Gasteiger partial charge in [0, 0.05) is 18.8 Å². The number of ketones is 1. The largest absolute Gasteiger partial charge is 0.310 e. The molecule has 1 saturated carbocycles. The van der Waals surface area contributed by atoms with Gasteiger partial charge < -0.3 is 10.1 Å². The van der Waals surface area contributed by atoms with Crippen molar-refractivity contribution >= 4 is 17.5 Å². The number of hydrogen-bond donors (Lipinski definition) is 1. The fourth-order valence-electron chi connectivity index (χ4n) is 4.93. The molecule has 0 atom stereocenters. The minimum absolute atomic E-state index is 0.171. The number of carbonyl (C=O) groups excluding carboxylic acids is 2. The van der Waals surface area contributed by atoms with Crippen LogP contribution in [0.3, 0.4) is 0 Å². The van der Waals surface area contributed by atoms with Gasteiger partial charge in [0.2, 0.25) is 5.91 Å². The second-order valence-electron chi connectivity index (χ2n) is 9.74. The van der Waals surface area contributed by atoms with Crippen molar-refractivity contribution in [1.29, 1.82) is 0 Å². The molecule has 0 aliphatic heterocycles. The zero-order valence-electron chi connectivity index (χ0n) is 20.4. The number of Topliss-reactive ketones (excluding diaryl/α,β-unsaturated/α-hetero) is 1. The van der Waals surface area contributed by atoms with Crippen LogP contribution in [0.2, 0.25) is 0 Å². The van der Waals surface area contributed by atoms with Crippen LogP contribution in [0, 0.1) is 11.8 Å². The summed E-state index contributed by atoms with van der Waals surface area (Å²) in [5.74, 6) is 1.79. The van der Waals surface area contributed by atoms with E-state index in [0.29, 0.717) is 29.6 Å². The molecule has 36 heavy (non-hydrogen) atoms. The van der Waals surface area contributed by atoms with Crippen molar-refractivity contribution in [3.05, 3.63) is 77.7 Å². The zero-order valence-corrected chi connectivity index (χ0v) is 20.4. The van der Waals surface area contributed by atoms with E-state index >= 15 is 0 Å². The number of alkyl halides is 2. The molecule has 1 N–H and O–H groups in total. The Morgan fingerprint density at radius 3 is 2.25 bits per heavy atom. The van der Waals surface area contributed by atoms with Crippen molar-refractivity contribution in [2.75, 3.05) is 5.32 Å². The van der Waals surface area contributed by atoms with Crippen LogP contribution in [0.15, 0.2) is 60.9 Å². The molecule has 1 aromatic carbocycles. The van der Waals surface area contributed by atoms with Crippen molar-refractivity contribution in [3.63, 3.8) is 0 Å². The number of rotatable bonds is 9. The Kier molecular flexibility index (Phi) is 8.52. The lowest BCUT2D eigenvalue weighted by molar-refractivity contribution is -0.118. The predicted octanol–water partition coefficient (Wildman–Crippen LogP) is 6.59. The van der Waals surface area contributed by atoms with E-state index in [4.69, 9.17) is 0 Å². The number of benzene rings is 1. The molecule has 0 unspecified atom stereocenters. The van der Waals surface area contributed by atoms with Crippen LogP contribution in [-0.4, -0.2) is 21.7 Å². The number of nitrogens with one attached hydrogen (secondary N) is 1. The van der Waals surface area contributed by atoms with Crippen LogP contribution in [0.25, 0.3) is 11.1 Å². The molecule has 0 bridgehead atoms. The smallest absolute Gasteiger partial charge is 0.280 e. The standard InChI is InChI=1S/C29H31F2N3O2/c1-19(35)14-20-2-4-21(5-3-20)15-23-8-11-27(33-18-23)34-28(36)16-22-6-9-24(10-7-22)25-12-13-32-26(17-25)29(30)31/h6-13,17-18,20-21,29H,2-5,14-16H2,1H3,(H,33,34,36). The van der Waals surface area contributed by atoms with Crippen LogP contribution >= 0.6 is 0 Å². The molecule has 7 heteroatoms. The number of anilines is 1. The molecule has 2 aromatic heterocycles. The Bertz CT molecular complexity index is 1170. The van der Waals surface area contributed by atoms with Crippen LogP contribution in [0.1, 0.15) is 62.3 Å². The average molecular weight is 492 g/mol. The Morgan fingerprint density at radius 1 is 0.917 bits per heavy atom. The highest BCUT2D eigenvalue weighted by Crippen LogP contribution is 2.33. The summed E-state index contributed by atoms with van der Waals surface area (Å²) in [5, 5.41) is 2.84. The first-order valence-electron chi connectivity index (χ1n) is 12.4. The number of amides is 1. The fraction of sp³-hybridized carbons (Fsp3) is 0.379. The molecular weight excluding hydrogens is 460 g/mol. The van der Waals surface area contributed by atoms with Gasteiger partial charge in [-0.3, -0.25) is 9.78 Å². The van der Waals surface area contributed by atoms with E-state index in [9.17, 15) is 18.4 Å². The van der Waals surface area contributed by atoms with Crippen molar-refractivity contribution in [2.45, 2.75) is 58.3 Å². The topological polar surface area (TPSA) is 72.0 Å². The van der Waals surface area contributed by atoms with Crippen LogP contribution < -0.4 is 5.32 Å². The summed E-state index contributed by atoms with van der Waals surface area (Å²) in [7, 11) is 0. The van der Waals surface area contributed by atoms with Gasteiger partial charge in [0.15, 0.2) is 0 Å². The number of carbonyl (C=O) groups is 2. The van der Waals surface area contributed by atoms with Crippen LogP contribution in [0.5, 0.6) is 0 Å². The van der Waals surface area contributed by atoms with Gasteiger partial charge in [-0.25, -0.2) is 13.8 Å². The Hall–Kier alpha value is -3.48. The molecule has 4 rings (SSSR count). The number of pyridine rings is 2. The van der Waals surface area contributed by atoms with E-state index in [-0.39, 0.29) is 23.8 Å². The van der Waals surface area contributed by atoms with Crippen LogP contribution in [-0.2, 0) is 22.4 Å². The maximum absolute atomic E-state index is 12.9. The molecule has 5 nitrogen and oxygen atoms in total. The van der Waals surface area contributed by atoms with Gasteiger partial charge in [0.05, 0.1) is 6.42 Å². The summed E-state index contributed by atoms with van der Waals surface area (Å²) in [5.41, 5.74) is 3.16. The summed E-state index contributed by atoms with van der Waals surface area (Å²) < 4.78 is 25.8. The third-order valence-electron chi connectivity index (χ3n) is 6.82. The number of aromatic nitrogens is 2. The number of nitrogens with zero attached hydrogens (tertiary/aromatic N) is 2. The molecule has 1 aliphatic rings. The number of halogens is 2. The highest BCUT2D eigenvalue weighted by molar-refractivity contribution is 5.91. The minimum atomic E-state index is -2.62. The molecule has 0 radical (unpaired) electrons. The lowest BCUT2D eigenvalue weighted by atomic mass is 9.78. The van der Waals surface area contributed by atoms with Crippen molar-refractivity contribution in [1.82, 2.24) is 9.97 Å². The summed E-state index contributed by atoms with van der Waals surface area (Å²) in [6, 6.07) is 14.2. The van der Waals surface area contributed by atoms with Gasteiger partial charge in [-0.2, -0.15) is 0 Å². The summed E-state index contributed by atoms with van der Waals surface area (Å²) in [4.78, 5) is 31.9. The average Bonchev–Trinajstić information content (AvgIpc) is 2.86. The van der Waals surface area contributed by atoms with Gasteiger partial charge in [0.25, 0.3) is 6.43 Å². The molecular formula is C29H31F2N3O2. The lowest BCUT2D eigenvalue weighted by Gasteiger charge is -2.28.